The van der Waals surface area contributed by atoms with Crippen molar-refractivity contribution >= 4 is 21.8 Å². The van der Waals surface area contributed by atoms with Crippen molar-refractivity contribution in [2.24, 2.45) is 0 Å². The Morgan fingerprint density at radius 3 is 2.62 bits per heavy atom. The van der Waals surface area contributed by atoms with Crippen LogP contribution in [0.1, 0.15) is 39.0 Å². The number of aryl methyl sites for hydroxylation is 1. The molecule has 0 N–H and O–H groups in total. The van der Waals surface area contributed by atoms with Gasteiger partial charge in [-0.15, -0.1) is 16.8 Å². The topological polar surface area (TPSA) is 0 Å². The fraction of sp³-hybridized carbons (Fsp3) is 0.636. The quantitative estimate of drug-likeness (QED) is 0.493. The largest absolute Gasteiger partial charge is 0.118 e. The van der Waals surface area contributed by atoms with E-state index < -0.39 is 0 Å². The highest BCUT2D eigenvalue weighted by atomic mass is 31.1. The molecule has 74 valence electrons. The first kappa shape index (κ1) is 11.3. The first-order valence-corrected chi connectivity index (χ1v) is 7.42. The molecule has 0 aliphatic rings. The molecule has 0 nitrogen and oxygen atoms in total. The van der Waals surface area contributed by atoms with E-state index in [9.17, 15) is 0 Å². The zero-order chi connectivity index (χ0) is 9.52. The highest BCUT2D eigenvalue weighted by Crippen LogP contribution is 2.29. The van der Waals surface area contributed by atoms with E-state index in [1.54, 1.807) is 0 Å². The smallest absolute Gasteiger partial charge is 0.0110 e. The van der Waals surface area contributed by atoms with Crippen LogP contribution in [0.15, 0.2) is 17.9 Å². The lowest BCUT2D eigenvalue weighted by Gasteiger charge is -2.01. The van der Waals surface area contributed by atoms with E-state index in [1.807, 2.05) is 0 Å². The predicted molar refractivity (Wildman–Crippen MR) is 67.3 cm³/mol. The fourth-order valence-corrected chi connectivity index (χ4v) is 3.99. The summed E-state index contributed by atoms with van der Waals surface area (Å²) in [5, 5.41) is 1.53. The summed E-state index contributed by atoms with van der Waals surface area (Å²) in [6, 6.07) is 4.45. The third-order valence-electron chi connectivity index (χ3n) is 2.37. The van der Waals surface area contributed by atoms with E-state index in [1.165, 1.54) is 43.3 Å². The summed E-state index contributed by atoms with van der Waals surface area (Å²) in [4.78, 5) is 0. The Hall–Kier alpha value is 0.210. The summed E-state index contributed by atoms with van der Waals surface area (Å²) in [5.41, 5.74) is 0. The maximum Gasteiger partial charge on any atom is -0.0110 e. The maximum absolute atomic E-state index is 2.87. The molecule has 0 saturated heterocycles. The van der Waals surface area contributed by atoms with E-state index in [-0.39, 0.29) is 7.53 Å². The normalized spacial score (nSPS) is 12.0. The van der Waals surface area contributed by atoms with Crippen molar-refractivity contribution in [1.82, 2.24) is 0 Å². The van der Waals surface area contributed by atoms with Crippen LogP contribution in [0.5, 0.6) is 0 Å². The minimum atomic E-state index is 0.116. The van der Waals surface area contributed by atoms with Crippen molar-refractivity contribution in [2.75, 3.05) is 0 Å². The molecule has 1 aromatic heterocycles. The maximum atomic E-state index is 2.87. The second-order valence-corrected chi connectivity index (χ2v) is 6.85. The molecule has 0 spiro atoms. The zero-order valence-electron chi connectivity index (χ0n) is 8.50. The molecule has 13 heavy (non-hydrogen) atoms. The molecular weight excluding hydrogens is 194 g/mol. The van der Waals surface area contributed by atoms with Crippen LogP contribution >= 0.6 is 16.8 Å². The van der Waals surface area contributed by atoms with Crippen LogP contribution in [-0.2, 0) is 6.16 Å². The molecule has 0 aliphatic carbocycles. The van der Waals surface area contributed by atoms with Gasteiger partial charge in [0.25, 0.3) is 0 Å². The minimum Gasteiger partial charge on any atom is -0.118 e. The molecule has 0 radical (unpaired) electrons. The molecule has 0 saturated carbocycles. The van der Waals surface area contributed by atoms with Crippen LogP contribution < -0.4 is 5.04 Å². The van der Waals surface area contributed by atoms with E-state index in [0.29, 0.717) is 0 Å². The number of hydrogen-bond donors (Lipinski definition) is 0. The molecule has 0 amide bonds. The van der Waals surface area contributed by atoms with E-state index >= 15 is 0 Å². The first-order valence-electron chi connectivity index (χ1n) is 5.25. The van der Waals surface area contributed by atoms with E-state index in [4.69, 9.17) is 0 Å². The van der Waals surface area contributed by atoms with Gasteiger partial charge in [-0.1, -0.05) is 44.7 Å². The Morgan fingerprint density at radius 1 is 1.23 bits per heavy atom. The summed E-state index contributed by atoms with van der Waals surface area (Å²) >= 11 is 0. The van der Waals surface area contributed by atoms with Crippen LogP contribution in [0.2, 0.25) is 0 Å². The molecular formula is C11H20P2. The Kier molecular flexibility index (Phi) is 5.76. The third-order valence-corrected chi connectivity index (χ3v) is 5.70. The van der Waals surface area contributed by atoms with Gasteiger partial charge in [-0.25, -0.2) is 0 Å². The van der Waals surface area contributed by atoms with Gasteiger partial charge in [0.2, 0.25) is 0 Å². The summed E-state index contributed by atoms with van der Waals surface area (Å²) in [6.45, 7) is 2.27. The van der Waals surface area contributed by atoms with Crippen LogP contribution in [-0.4, -0.2) is 0 Å². The Bertz CT molecular complexity index is 228. The predicted octanol–water partition coefficient (Wildman–Crippen LogP) is 4.14. The van der Waals surface area contributed by atoms with Crippen molar-refractivity contribution in [1.29, 1.82) is 0 Å². The van der Waals surface area contributed by atoms with Gasteiger partial charge in [0.15, 0.2) is 0 Å². The fourth-order valence-electron chi connectivity index (χ4n) is 1.52. The molecule has 0 fully saturated rings. The molecule has 2 heteroatoms. The van der Waals surface area contributed by atoms with Gasteiger partial charge in [0.1, 0.15) is 0 Å². The van der Waals surface area contributed by atoms with Crippen molar-refractivity contribution in [3.8, 4) is 0 Å². The molecule has 0 bridgehead atoms. The van der Waals surface area contributed by atoms with Gasteiger partial charge in [-0.05, 0) is 23.4 Å². The number of unbranched alkanes of at least 4 members (excludes halogenated alkanes) is 4. The summed E-state index contributed by atoms with van der Waals surface area (Å²) in [7, 11) is 2.99. The standard InChI is InChI=1S/C11H20P2/c1-2-3-4-5-6-9-13-10-7-8-11(13)12/h7-8,10H,2-6,9,12H2,1H3. The molecule has 1 aromatic rings. The van der Waals surface area contributed by atoms with Gasteiger partial charge >= 0.3 is 0 Å². The molecule has 1 rings (SSSR count). The van der Waals surface area contributed by atoms with Gasteiger partial charge in [0.05, 0.1) is 0 Å². The molecule has 0 aliphatic heterocycles. The Balaban J connectivity index is 2.10. The lowest BCUT2D eigenvalue weighted by Crippen LogP contribution is -1.83. The summed E-state index contributed by atoms with van der Waals surface area (Å²) in [5.74, 6) is 2.39. The first-order chi connectivity index (χ1) is 6.34. The van der Waals surface area contributed by atoms with Crippen molar-refractivity contribution in [3.63, 3.8) is 0 Å². The molecule has 2 unspecified atom stereocenters. The number of hydrogen-bond acceptors (Lipinski definition) is 0. The van der Waals surface area contributed by atoms with Gasteiger partial charge in [-0.3, -0.25) is 0 Å². The van der Waals surface area contributed by atoms with Crippen LogP contribution in [0.3, 0.4) is 0 Å². The highest BCUT2D eigenvalue weighted by Gasteiger charge is 1.96. The third kappa shape index (κ3) is 4.30. The highest BCUT2D eigenvalue weighted by molar-refractivity contribution is 7.63. The second kappa shape index (κ2) is 6.63. The van der Waals surface area contributed by atoms with Crippen molar-refractivity contribution in [3.05, 3.63) is 17.9 Å². The average Bonchev–Trinajstić information content (AvgIpc) is 2.52. The molecule has 0 aromatic carbocycles. The lowest BCUT2D eigenvalue weighted by molar-refractivity contribution is 0.648. The second-order valence-electron chi connectivity index (χ2n) is 3.54. The lowest BCUT2D eigenvalue weighted by atomic mass is 10.2. The van der Waals surface area contributed by atoms with Crippen LogP contribution in [0.4, 0.5) is 0 Å². The Morgan fingerprint density at radius 2 is 2.00 bits per heavy atom. The monoisotopic (exact) mass is 214 g/mol. The van der Waals surface area contributed by atoms with Crippen LogP contribution in [0.25, 0.3) is 0 Å². The average molecular weight is 214 g/mol. The molecule has 1 heterocycles. The molecule has 2 atom stereocenters. The summed E-state index contributed by atoms with van der Waals surface area (Å²) in [6.07, 6.45) is 8.45. The minimum absolute atomic E-state index is 0.116. The SMILES string of the molecule is CCCCCCCp1cccc1P. The van der Waals surface area contributed by atoms with Crippen molar-refractivity contribution < 1.29 is 0 Å². The number of rotatable bonds is 6. The van der Waals surface area contributed by atoms with E-state index in [0.717, 1.165) is 0 Å². The summed E-state index contributed by atoms with van der Waals surface area (Å²) < 4.78 is 0. The van der Waals surface area contributed by atoms with Crippen molar-refractivity contribution in [2.45, 2.75) is 45.2 Å². The van der Waals surface area contributed by atoms with Gasteiger partial charge < -0.3 is 0 Å². The van der Waals surface area contributed by atoms with Gasteiger partial charge in [0, 0.05) is 0 Å². The van der Waals surface area contributed by atoms with Crippen LogP contribution in [0, 0.1) is 0 Å². The van der Waals surface area contributed by atoms with Gasteiger partial charge in [-0.2, -0.15) is 0 Å². The Labute approximate surface area is 85.4 Å². The zero-order valence-corrected chi connectivity index (χ0v) is 10.5. The van der Waals surface area contributed by atoms with E-state index in [2.05, 4.69) is 34.1 Å².